The van der Waals surface area contributed by atoms with Gasteiger partial charge in [0.2, 0.25) is 0 Å². The summed E-state index contributed by atoms with van der Waals surface area (Å²) in [6.07, 6.45) is 6.92. The van der Waals surface area contributed by atoms with Crippen LogP contribution < -0.4 is 0 Å². The molecule has 0 bridgehead atoms. The van der Waals surface area contributed by atoms with Crippen LogP contribution in [0.3, 0.4) is 0 Å². The van der Waals surface area contributed by atoms with Crippen molar-refractivity contribution in [1.29, 1.82) is 5.26 Å². The second kappa shape index (κ2) is 3.46. The van der Waals surface area contributed by atoms with Crippen molar-refractivity contribution < 1.29 is 1.37 Å². The fourth-order valence-corrected chi connectivity index (χ4v) is 1.75. The van der Waals surface area contributed by atoms with Crippen molar-refractivity contribution in [2.75, 3.05) is 0 Å². The van der Waals surface area contributed by atoms with E-state index < -0.39 is 0 Å². The number of nitriles is 1. The zero-order valence-corrected chi connectivity index (χ0v) is 8.91. The van der Waals surface area contributed by atoms with E-state index in [0.717, 1.165) is 16.6 Å². The van der Waals surface area contributed by atoms with Crippen LogP contribution in [-0.4, -0.2) is 19.4 Å². The highest BCUT2D eigenvalue weighted by atomic mass is 15.2. The van der Waals surface area contributed by atoms with E-state index in [0.29, 0.717) is 5.56 Å². The summed E-state index contributed by atoms with van der Waals surface area (Å²) in [5.41, 5.74) is 3.23. The highest BCUT2D eigenvalue weighted by molar-refractivity contribution is 5.67. The smallest absolute Gasteiger partial charge is 0.103 e. The highest BCUT2D eigenvalue weighted by Gasteiger charge is 2.05. The molecular formula is C12H9N5. The van der Waals surface area contributed by atoms with Crippen LogP contribution in [0.1, 0.15) is 6.93 Å². The Morgan fingerprint density at radius 3 is 2.94 bits per heavy atom. The summed E-state index contributed by atoms with van der Waals surface area (Å²) in [6, 6.07) is 5.88. The first-order valence-corrected chi connectivity index (χ1v) is 5.01. The minimum absolute atomic E-state index is 0.0998. The first-order chi connectivity index (χ1) is 8.81. The maximum atomic E-state index is 8.91. The number of hydrogen-bond donors (Lipinski definition) is 0. The van der Waals surface area contributed by atoms with Gasteiger partial charge in [0.05, 0.1) is 23.5 Å². The molecule has 5 nitrogen and oxygen atoms in total. The quantitative estimate of drug-likeness (QED) is 0.631. The Morgan fingerprint density at radius 1 is 1.24 bits per heavy atom. The van der Waals surface area contributed by atoms with Gasteiger partial charge in [-0.1, -0.05) is 6.07 Å². The molecule has 0 amide bonds. The molecule has 17 heavy (non-hydrogen) atoms. The molecule has 3 aromatic heterocycles. The maximum Gasteiger partial charge on any atom is 0.103 e. The third-order valence-corrected chi connectivity index (χ3v) is 2.60. The second-order valence-electron chi connectivity index (χ2n) is 3.69. The molecule has 0 fully saturated rings. The van der Waals surface area contributed by atoms with Crippen molar-refractivity contribution in [2.24, 2.45) is 7.02 Å². The summed E-state index contributed by atoms with van der Waals surface area (Å²) in [5, 5.41) is 17.1. The van der Waals surface area contributed by atoms with Crippen LogP contribution >= 0.6 is 0 Å². The second-order valence-corrected chi connectivity index (χ2v) is 3.69. The number of hydrogen-bond acceptors (Lipinski definition) is 3. The summed E-state index contributed by atoms with van der Waals surface area (Å²) in [6.45, 7) is 0. The number of aryl methyl sites for hydroxylation is 1. The molecule has 0 saturated carbocycles. The van der Waals surface area contributed by atoms with E-state index in [1.165, 1.54) is 0 Å². The Labute approximate surface area is 98.9 Å². The molecule has 0 aliphatic carbocycles. The largest absolute Gasteiger partial charge is 0.275 e. The van der Waals surface area contributed by atoms with Gasteiger partial charge in [-0.2, -0.15) is 15.5 Å². The summed E-state index contributed by atoms with van der Waals surface area (Å²) in [4.78, 5) is 0. The third kappa shape index (κ3) is 1.47. The van der Waals surface area contributed by atoms with Crippen molar-refractivity contribution in [3.63, 3.8) is 0 Å². The van der Waals surface area contributed by atoms with Crippen molar-refractivity contribution in [1.82, 2.24) is 19.4 Å². The first-order valence-electron chi connectivity index (χ1n) is 5.72. The lowest BCUT2D eigenvalue weighted by atomic mass is 10.1. The maximum absolute atomic E-state index is 8.91. The molecule has 0 aliphatic rings. The third-order valence-electron chi connectivity index (χ3n) is 2.60. The molecule has 0 N–H and O–H groups in total. The van der Waals surface area contributed by atoms with Crippen LogP contribution in [0, 0.1) is 11.3 Å². The fraction of sp³-hybridized carbons (Fsp3) is 0.0833. The van der Waals surface area contributed by atoms with Gasteiger partial charge >= 0.3 is 0 Å². The van der Waals surface area contributed by atoms with Gasteiger partial charge in [0, 0.05) is 31.9 Å². The van der Waals surface area contributed by atoms with Crippen molar-refractivity contribution in [2.45, 2.75) is 0 Å². The van der Waals surface area contributed by atoms with E-state index in [4.69, 9.17) is 6.63 Å². The van der Waals surface area contributed by atoms with Gasteiger partial charge in [-0.3, -0.25) is 4.68 Å². The molecule has 0 aliphatic heterocycles. The number of fused-ring (bicyclic) bond motifs is 1. The molecule has 0 saturated heterocycles. The Morgan fingerprint density at radius 2 is 2.18 bits per heavy atom. The fourth-order valence-electron chi connectivity index (χ4n) is 1.75. The lowest BCUT2D eigenvalue weighted by molar-refractivity contribution is 0.768. The van der Waals surface area contributed by atoms with Crippen molar-refractivity contribution in [3.8, 4) is 17.2 Å². The van der Waals surface area contributed by atoms with Gasteiger partial charge in [-0.15, -0.1) is 0 Å². The molecule has 5 heteroatoms. The standard InChI is InChI=1S/C12H9N5/c1-16-7-11(6-14-16)9-2-3-12-10(4-13)5-15-17(12)8-9/h2-3,5-8H,1H3/i1D. The number of pyridine rings is 1. The summed E-state index contributed by atoms with van der Waals surface area (Å²) >= 11 is 0. The first kappa shape index (κ1) is 8.53. The van der Waals surface area contributed by atoms with Gasteiger partial charge in [-0.25, -0.2) is 4.52 Å². The predicted octanol–water partition coefficient (Wildman–Crippen LogP) is 1.61. The van der Waals surface area contributed by atoms with Gasteiger partial charge in [0.15, 0.2) is 0 Å². The normalized spacial score (nSPS) is 11.4. The van der Waals surface area contributed by atoms with Gasteiger partial charge < -0.3 is 0 Å². The molecule has 0 unspecified atom stereocenters. The van der Waals surface area contributed by atoms with Gasteiger partial charge in [0.25, 0.3) is 0 Å². The average molecular weight is 224 g/mol. The Bertz CT molecular complexity index is 749. The van der Waals surface area contributed by atoms with E-state index in [2.05, 4.69) is 16.3 Å². The molecule has 3 rings (SSSR count). The lowest BCUT2D eigenvalue weighted by Gasteiger charge is -1.98. The Hall–Kier alpha value is -2.61. The van der Waals surface area contributed by atoms with Crippen LogP contribution in [0.25, 0.3) is 16.6 Å². The van der Waals surface area contributed by atoms with E-state index in [1.54, 1.807) is 21.6 Å². The van der Waals surface area contributed by atoms with E-state index in [9.17, 15) is 0 Å². The SMILES string of the molecule is [2H]Cn1cc(-c2ccc3c(C#N)cnn3c2)cn1. The van der Waals surface area contributed by atoms with Crippen LogP contribution in [0.2, 0.25) is 0 Å². The predicted molar refractivity (Wildman–Crippen MR) is 62.1 cm³/mol. The van der Waals surface area contributed by atoms with Gasteiger partial charge in [0.1, 0.15) is 6.07 Å². The molecule has 0 spiro atoms. The average Bonchev–Trinajstić information content (AvgIpc) is 3.04. The van der Waals surface area contributed by atoms with E-state index >= 15 is 0 Å². The molecule has 3 aromatic rings. The molecular weight excluding hydrogens is 214 g/mol. The minimum Gasteiger partial charge on any atom is -0.275 e. The van der Waals surface area contributed by atoms with Crippen LogP contribution in [-0.2, 0) is 7.02 Å². The molecule has 82 valence electrons. The zero-order chi connectivity index (χ0) is 12.5. The molecule has 0 aromatic carbocycles. The lowest BCUT2D eigenvalue weighted by Crippen LogP contribution is -1.88. The van der Waals surface area contributed by atoms with E-state index in [-0.39, 0.29) is 7.02 Å². The van der Waals surface area contributed by atoms with E-state index in [1.807, 2.05) is 24.5 Å². The molecule has 0 radical (unpaired) electrons. The summed E-state index contributed by atoms with van der Waals surface area (Å²) in [7, 11) is 0.0998. The topological polar surface area (TPSA) is 58.9 Å². The Balaban J connectivity index is 2.11. The van der Waals surface area contributed by atoms with Crippen LogP contribution in [0.15, 0.2) is 36.9 Å². The van der Waals surface area contributed by atoms with Crippen molar-refractivity contribution in [3.05, 3.63) is 42.5 Å². The number of rotatable bonds is 1. The van der Waals surface area contributed by atoms with Gasteiger partial charge in [-0.05, 0) is 6.07 Å². The highest BCUT2D eigenvalue weighted by Crippen LogP contribution is 2.20. The number of aromatic nitrogens is 4. The Kier molecular flexibility index (Phi) is 1.73. The minimum atomic E-state index is 0.0998. The number of nitrogens with zero attached hydrogens (tertiary/aromatic N) is 5. The van der Waals surface area contributed by atoms with Crippen LogP contribution in [0.5, 0.6) is 0 Å². The molecule has 3 heterocycles. The van der Waals surface area contributed by atoms with Crippen molar-refractivity contribution >= 4 is 5.52 Å². The summed E-state index contributed by atoms with van der Waals surface area (Å²) < 4.78 is 10.4. The zero-order valence-electron chi connectivity index (χ0n) is 9.91. The monoisotopic (exact) mass is 224 g/mol. The summed E-state index contributed by atoms with van der Waals surface area (Å²) in [5.74, 6) is 0. The van der Waals surface area contributed by atoms with Crippen LogP contribution in [0.4, 0.5) is 0 Å². The molecule has 0 atom stereocenters.